The molecular formula is C48H86O6. The van der Waals surface area contributed by atoms with Crippen LogP contribution in [0.5, 0.6) is 0 Å². The summed E-state index contributed by atoms with van der Waals surface area (Å²) in [4.78, 5) is 24.4. The van der Waals surface area contributed by atoms with Gasteiger partial charge in [0.25, 0.3) is 0 Å². The molecular weight excluding hydrogens is 673 g/mol. The molecule has 1 fully saturated rings. The topological polar surface area (TPSA) is 85.4 Å². The third-order valence-corrected chi connectivity index (χ3v) is 10.9. The van der Waals surface area contributed by atoms with Gasteiger partial charge in [-0.25, -0.2) is 0 Å². The summed E-state index contributed by atoms with van der Waals surface area (Å²) in [6, 6.07) is 0. The Bertz CT molecular complexity index is 941. The molecule has 314 valence electrons. The number of ether oxygens (including phenoxy) is 3. The molecule has 0 bridgehead atoms. The summed E-state index contributed by atoms with van der Waals surface area (Å²) < 4.78 is 16.4. The first kappa shape index (κ1) is 50.1. The molecule has 1 aliphatic rings. The van der Waals surface area contributed by atoms with Crippen molar-refractivity contribution in [2.24, 2.45) is 5.92 Å². The summed E-state index contributed by atoms with van der Waals surface area (Å²) in [6.07, 6.45) is 49.6. The van der Waals surface area contributed by atoms with Crippen molar-refractivity contribution in [2.75, 3.05) is 13.2 Å². The number of hydrogen-bond donors (Lipinski definition) is 1. The van der Waals surface area contributed by atoms with E-state index in [-0.39, 0.29) is 31.6 Å². The molecule has 6 nitrogen and oxygen atoms in total. The van der Waals surface area contributed by atoms with E-state index in [4.69, 9.17) is 14.2 Å². The molecule has 0 radical (unpaired) electrons. The lowest BCUT2D eigenvalue weighted by atomic mass is 9.99. The van der Waals surface area contributed by atoms with Gasteiger partial charge >= 0.3 is 11.9 Å². The lowest BCUT2D eigenvalue weighted by molar-refractivity contribution is -0.161. The quantitative estimate of drug-likeness (QED) is 0.0290. The molecule has 3 unspecified atom stereocenters. The zero-order valence-corrected chi connectivity index (χ0v) is 35.6. The lowest BCUT2D eigenvalue weighted by Crippen LogP contribution is -2.28. The highest BCUT2D eigenvalue weighted by Gasteiger charge is 2.35. The van der Waals surface area contributed by atoms with Gasteiger partial charge in [0.05, 0.1) is 18.8 Å². The van der Waals surface area contributed by atoms with Gasteiger partial charge in [0.1, 0.15) is 6.61 Å². The van der Waals surface area contributed by atoms with Crippen molar-refractivity contribution in [3.63, 3.8) is 0 Å². The van der Waals surface area contributed by atoms with Crippen molar-refractivity contribution in [3.05, 3.63) is 36.5 Å². The smallest absolute Gasteiger partial charge is 0.306 e. The molecule has 1 rings (SSSR count). The van der Waals surface area contributed by atoms with Gasteiger partial charge in [0.15, 0.2) is 6.10 Å². The first-order valence-electron chi connectivity index (χ1n) is 23.1. The Labute approximate surface area is 333 Å². The SMILES string of the molecule is CCCCC/C=C\CC1OC1C/C=C\C/C=C\CCCC(=O)O[C@@H](CO)COC(=O)CCCCCCCCCCCCCCCCCCCCC(C)CC. The lowest BCUT2D eigenvalue weighted by Gasteiger charge is -2.15. The molecule has 1 saturated heterocycles. The van der Waals surface area contributed by atoms with Crippen LogP contribution in [0.2, 0.25) is 0 Å². The summed E-state index contributed by atoms with van der Waals surface area (Å²) in [7, 11) is 0. The fourth-order valence-electron chi connectivity index (χ4n) is 6.86. The molecule has 0 saturated carbocycles. The number of carbonyl (C=O) groups excluding carboxylic acids is 2. The van der Waals surface area contributed by atoms with Crippen molar-refractivity contribution in [3.8, 4) is 0 Å². The van der Waals surface area contributed by atoms with Crippen LogP contribution in [-0.2, 0) is 23.8 Å². The summed E-state index contributed by atoms with van der Waals surface area (Å²) in [5.41, 5.74) is 0. The Morgan fingerprint density at radius 3 is 1.63 bits per heavy atom. The van der Waals surface area contributed by atoms with E-state index in [1.807, 2.05) is 0 Å². The molecule has 0 aromatic rings. The zero-order valence-electron chi connectivity index (χ0n) is 35.6. The van der Waals surface area contributed by atoms with Gasteiger partial charge in [-0.15, -0.1) is 0 Å². The Hall–Kier alpha value is -1.92. The zero-order chi connectivity index (χ0) is 39.2. The Morgan fingerprint density at radius 1 is 0.593 bits per heavy atom. The van der Waals surface area contributed by atoms with Gasteiger partial charge in [0.2, 0.25) is 0 Å². The van der Waals surface area contributed by atoms with E-state index in [0.29, 0.717) is 25.0 Å². The number of epoxide rings is 1. The Morgan fingerprint density at radius 2 is 1.07 bits per heavy atom. The molecule has 6 heteroatoms. The highest BCUT2D eigenvalue weighted by molar-refractivity contribution is 5.70. The minimum absolute atomic E-state index is 0.0888. The van der Waals surface area contributed by atoms with Crippen LogP contribution in [-0.4, -0.2) is 48.6 Å². The minimum atomic E-state index is -0.803. The van der Waals surface area contributed by atoms with E-state index in [9.17, 15) is 14.7 Å². The molecule has 1 heterocycles. The van der Waals surface area contributed by atoms with E-state index in [2.05, 4.69) is 57.2 Å². The second kappa shape index (κ2) is 38.0. The second-order valence-electron chi connectivity index (χ2n) is 16.1. The summed E-state index contributed by atoms with van der Waals surface area (Å²) in [6.45, 7) is 6.47. The molecule has 0 aromatic carbocycles. The number of esters is 2. The largest absolute Gasteiger partial charge is 0.462 e. The van der Waals surface area contributed by atoms with Crippen LogP contribution in [0.1, 0.15) is 220 Å². The number of carbonyl (C=O) groups is 2. The number of aliphatic hydroxyl groups is 1. The Kier molecular flexibility index (Phi) is 35.2. The fourth-order valence-corrected chi connectivity index (χ4v) is 6.86. The molecule has 54 heavy (non-hydrogen) atoms. The van der Waals surface area contributed by atoms with E-state index >= 15 is 0 Å². The first-order valence-corrected chi connectivity index (χ1v) is 23.1. The monoisotopic (exact) mass is 759 g/mol. The average molecular weight is 759 g/mol. The standard InChI is InChI=1S/C48H86O6/c1-4-6-7-8-27-32-37-45-46(54-45)38-33-28-23-21-25-30-35-40-48(51)53-44(41-49)42-52-47(50)39-34-29-24-20-18-16-14-12-10-9-11-13-15-17-19-22-26-31-36-43(3)5-2/h21,25,27-28,32-33,43-46,49H,4-20,22-24,26,29-31,34-42H2,1-3H3/b25-21-,32-27-,33-28-/t43?,44-,45?,46?/m0/s1. The van der Waals surface area contributed by atoms with Crippen LogP contribution in [0.4, 0.5) is 0 Å². The van der Waals surface area contributed by atoms with Crippen molar-refractivity contribution < 1.29 is 28.9 Å². The van der Waals surface area contributed by atoms with Crippen LogP contribution in [0.15, 0.2) is 36.5 Å². The predicted molar refractivity (Wildman–Crippen MR) is 228 cm³/mol. The van der Waals surface area contributed by atoms with E-state index in [1.54, 1.807) is 0 Å². The van der Waals surface area contributed by atoms with Gasteiger partial charge in [-0.3, -0.25) is 9.59 Å². The predicted octanol–water partition coefficient (Wildman–Crippen LogP) is 13.6. The van der Waals surface area contributed by atoms with Crippen LogP contribution >= 0.6 is 0 Å². The molecule has 0 spiro atoms. The third-order valence-electron chi connectivity index (χ3n) is 10.9. The molecule has 0 aromatic heterocycles. The highest BCUT2D eigenvalue weighted by atomic mass is 16.6. The minimum Gasteiger partial charge on any atom is -0.462 e. The van der Waals surface area contributed by atoms with Gasteiger partial charge in [0, 0.05) is 12.8 Å². The van der Waals surface area contributed by atoms with Crippen LogP contribution in [0.3, 0.4) is 0 Å². The van der Waals surface area contributed by atoms with Gasteiger partial charge < -0.3 is 19.3 Å². The fraction of sp³-hybridized carbons (Fsp3) is 0.833. The van der Waals surface area contributed by atoms with E-state index < -0.39 is 6.10 Å². The number of hydrogen-bond acceptors (Lipinski definition) is 6. The number of aliphatic hydroxyl groups excluding tert-OH is 1. The van der Waals surface area contributed by atoms with Crippen LogP contribution in [0, 0.1) is 5.92 Å². The maximum Gasteiger partial charge on any atom is 0.306 e. The van der Waals surface area contributed by atoms with Crippen molar-refractivity contribution in [1.29, 1.82) is 0 Å². The normalized spacial score (nSPS) is 16.8. The summed E-state index contributed by atoms with van der Waals surface area (Å²) >= 11 is 0. The maximum atomic E-state index is 12.2. The van der Waals surface area contributed by atoms with Crippen LogP contribution < -0.4 is 0 Å². The van der Waals surface area contributed by atoms with E-state index in [1.165, 1.54) is 135 Å². The highest BCUT2D eigenvalue weighted by Crippen LogP contribution is 2.29. The van der Waals surface area contributed by atoms with Gasteiger partial charge in [-0.1, -0.05) is 192 Å². The van der Waals surface area contributed by atoms with Crippen LogP contribution in [0.25, 0.3) is 0 Å². The number of rotatable bonds is 40. The summed E-state index contributed by atoms with van der Waals surface area (Å²) in [5.74, 6) is 0.257. The molecule has 0 aliphatic carbocycles. The van der Waals surface area contributed by atoms with Gasteiger partial charge in [-0.2, -0.15) is 0 Å². The molecule has 4 atom stereocenters. The molecule has 1 N–H and O–H groups in total. The molecule has 0 amide bonds. The Balaban J connectivity index is 1.87. The van der Waals surface area contributed by atoms with Gasteiger partial charge in [-0.05, 0) is 57.3 Å². The molecule has 1 aliphatic heterocycles. The average Bonchev–Trinajstić information content (AvgIpc) is 3.93. The first-order chi connectivity index (χ1) is 26.5. The number of unbranched alkanes of at least 4 members (excludes halogenated alkanes) is 21. The maximum absolute atomic E-state index is 12.2. The van der Waals surface area contributed by atoms with E-state index in [0.717, 1.165) is 50.9 Å². The van der Waals surface area contributed by atoms with Crippen molar-refractivity contribution in [2.45, 2.75) is 238 Å². The van der Waals surface area contributed by atoms with Crippen molar-refractivity contribution >= 4 is 11.9 Å². The number of allylic oxidation sites excluding steroid dienone is 4. The van der Waals surface area contributed by atoms with Crippen molar-refractivity contribution in [1.82, 2.24) is 0 Å². The second-order valence-corrected chi connectivity index (χ2v) is 16.1. The third kappa shape index (κ3) is 33.4. The summed E-state index contributed by atoms with van der Waals surface area (Å²) in [5, 5.41) is 9.59.